The number of halogens is 1. The Bertz CT molecular complexity index is 216. The predicted octanol–water partition coefficient (Wildman–Crippen LogP) is 1.99. The molecule has 4 nitrogen and oxygen atoms in total. The van der Waals surface area contributed by atoms with Crippen molar-refractivity contribution in [1.82, 2.24) is 10.6 Å². The first-order valence-electron chi connectivity index (χ1n) is 6.36. The Morgan fingerprint density at radius 2 is 2.18 bits per heavy atom. The molecule has 1 heterocycles. The van der Waals surface area contributed by atoms with E-state index in [1.165, 1.54) is 6.42 Å². The van der Waals surface area contributed by atoms with E-state index in [0.29, 0.717) is 12.0 Å². The molecule has 1 aliphatic rings. The highest BCUT2D eigenvalue weighted by molar-refractivity contribution is 14.0. The zero-order valence-corrected chi connectivity index (χ0v) is 13.5. The first kappa shape index (κ1) is 17.0. The van der Waals surface area contributed by atoms with E-state index in [9.17, 15) is 0 Å². The summed E-state index contributed by atoms with van der Waals surface area (Å²) >= 11 is 0. The van der Waals surface area contributed by atoms with Crippen LogP contribution in [-0.2, 0) is 4.74 Å². The Morgan fingerprint density at radius 3 is 2.71 bits per heavy atom. The maximum Gasteiger partial charge on any atom is 0.191 e. The van der Waals surface area contributed by atoms with Crippen LogP contribution in [0.4, 0.5) is 0 Å². The topological polar surface area (TPSA) is 45.7 Å². The number of nitrogens with zero attached hydrogens (tertiary/aromatic N) is 1. The Morgan fingerprint density at radius 1 is 1.41 bits per heavy atom. The number of nitrogens with one attached hydrogen (secondary N) is 2. The fourth-order valence-electron chi connectivity index (χ4n) is 1.63. The van der Waals surface area contributed by atoms with Gasteiger partial charge in [0.25, 0.3) is 0 Å². The van der Waals surface area contributed by atoms with Crippen LogP contribution in [0.1, 0.15) is 33.6 Å². The lowest BCUT2D eigenvalue weighted by Gasteiger charge is -2.15. The van der Waals surface area contributed by atoms with Gasteiger partial charge in [0.15, 0.2) is 5.96 Å². The number of rotatable bonds is 5. The van der Waals surface area contributed by atoms with E-state index in [1.807, 2.05) is 0 Å². The van der Waals surface area contributed by atoms with E-state index >= 15 is 0 Å². The molecule has 1 atom stereocenters. The van der Waals surface area contributed by atoms with Crippen LogP contribution < -0.4 is 10.6 Å². The SMILES string of the molecule is CCNC(=NCC(C)C)NCC1CCCO1.I. The molecule has 0 radical (unpaired) electrons. The summed E-state index contributed by atoms with van der Waals surface area (Å²) in [6.45, 7) is 9.96. The maximum atomic E-state index is 5.56. The van der Waals surface area contributed by atoms with Crippen LogP contribution in [0, 0.1) is 5.92 Å². The molecule has 2 N–H and O–H groups in total. The summed E-state index contributed by atoms with van der Waals surface area (Å²) in [5.74, 6) is 1.50. The Labute approximate surface area is 122 Å². The van der Waals surface area contributed by atoms with E-state index < -0.39 is 0 Å². The van der Waals surface area contributed by atoms with Gasteiger partial charge < -0.3 is 15.4 Å². The molecule has 1 fully saturated rings. The number of guanidine groups is 1. The normalized spacial score (nSPS) is 20.2. The Balaban J connectivity index is 0.00000256. The van der Waals surface area contributed by atoms with E-state index in [-0.39, 0.29) is 24.0 Å². The van der Waals surface area contributed by atoms with Gasteiger partial charge in [0.1, 0.15) is 0 Å². The van der Waals surface area contributed by atoms with Gasteiger partial charge in [0.2, 0.25) is 0 Å². The van der Waals surface area contributed by atoms with Crippen molar-refractivity contribution in [2.75, 3.05) is 26.2 Å². The fourth-order valence-corrected chi connectivity index (χ4v) is 1.63. The molecule has 1 saturated heterocycles. The van der Waals surface area contributed by atoms with Crippen molar-refractivity contribution in [3.05, 3.63) is 0 Å². The molecule has 0 amide bonds. The largest absolute Gasteiger partial charge is 0.376 e. The summed E-state index contributed by atoms with van der Waals surface area (Å²) in [6.07, 6.45) is 2.71. The lowest BCUT2D eigenvalue weighted by molar-refractivity contribution is 0.114. The number of hydrogen-bond acceptors (Lipinski definition) is 2. The molecule has 17 heavy (non-hydrogen) atoms. The van der Waals surface area contributed by atoms with Crippen molar-refractivity contribution in [3.63, 3.8) is 0 Å². The molecule has 1 aliphatic heterocycles. The molecule has 0 spiro atoms. The van der Waals surface area contributed by atoms with Crippen LogP contribution in [0.5, 0.6) is 0 Å². The third-order valence-electron chi connectivity index (χ3n) is 2.48. The number of ether oxygens (including phenoxy) is 1. The van der Waals surface area contributed by atoms with E-state index in [1.54, 1.807) is 0 Å². The van der Waals surface area contributed by atoms with Gasteiger partial charge in [-0.2, -0.15) is 0 Å². The van der Waals surface area contributed by atoms with Crippen molar-refractivity contribution in [2.24, 2.45) is 10.9 Å². The highest BCUT2D eigenvalue weighted by atomic mass is 127. The van der Waals surface area contributed by atoms with Crippen LogP contribution in [-0.4, -0.2) is 38.3 Å². The molecule has 102 valence electrons. The predicted molar refractivity (Wildman–Crippen MR) is 83.2 cm³/mol. The molecule has 5 heteroatoms. The fraction of sp³-hybridized carbons (Fsp3) is 0.917. The van der Waals surface area contributed by atoms with Gasteiger partial charge in [0, 0.05) is 26.2 Å². The Hall–Kier alpha value is -0.0400. The quantitative estimate of drug-likeness (QED) is 0.451. The summed E-state index contributed by atoms with van der Waals surface area (Å²) in [7, 11) is 0. The lowest BCUT2D eigenvalue weighted by Crippen LogP contribution is -2.41. The highest BCUT2D eigenvalue weighted by Gasteiger charge is 2.15. The monoisotopic (exact) mass is 355 g/mol. The van der Waals surface area contributed by atoms with Gasteiger partial charge in [-0.25, -0.2) is 0 Å². The third-order valence-corrected chi connectivity index (χ3v) is 2.48. The summed E-state index contributed by atoms with van der Waals surface area (Å²) in [5, 5.41) is 6.58. The van der Waals surface area contributed by atoms with Crippen LogP contribution in [0.3, 0.4) is 0 Å². The zero-order valence-electron chi connectivity index (χ0n) is 11.2. The van der Waals surface area contributed by atoms with Crippen molar-refractivity contribution in [3.8, 4) is 0 Å². The maximum absolute atomic E-state index is 5.56. The molecule has 0 aromatic carbocycles. The average Bonchev–Trinajstić information content (AvgIpc) is 2.75. The molecule has 1 rings (SSSR count). The minimum Gasteiger partial charge on any atom is -0.376 e. The van der Waals surface area contributed by atoms with E-state index in [4.69, 9.17) is 4.74 Å². The first-order valence-corrected chi connectivity index (χ1v) is 6.36. The van der Waals surface area contributed by atoms with Crippen molar-refractivity contribution >= 4 is 29.9 Å². The van der Waals surface area contributed by atoms with Gasteiger partial charge in [-0.15, -0.1) is 24.0 Å². The average molecular weight is 355 g/mol. The molecule has 1 unspecified atom stereocenters. The van der Waals surface area contributed by atoms with Gasteiger partial charge in [-0.05, 0) is 25.7 Å². The molecule has 0 aromatic heterocycles. The second-order valence-electron chi connectivity index (χ2n) is 4.63. The van der Waals surface area contributed by atoms with Crippen molar-refractivity contribution < 1.29 is 4.74 Å². The smallest absolute Gasteiger partial charge is 0.191 e. The van der Waals surface area contributed by atoms with Crippen LogP contribution in [0.25, 0.3) is 0 Å². The minimum atomic E-state index is 0. The molecular formula is C12H26IN3O. The molecule has 0 saturated carbocycles. The minimum absolute atomic E-state index is 0. The number of hydrogen-bond donors (Lipinski definition) is 2. The summed E-state index contributed by atoms with van der Waals surface area (Å²) in [4.78, 5) is 4.51. The van der Waals surface area contributed by atoms with E-state index in [0.717, 1.165) is 38.6 Å². The first-order chi connectivity index (χ1) is 7.72. The van der Waals surface area contributed by atoms with Gasteiger partial charge >= 0.3 is 0 Å². The number of aliphatic imine (C=N–C) groups is 1. The molecule has 0 aliphatic carbocycles. The van der Waals surface area contributed by atoms with Crippen molar-refractivity contribution in [2.45, 2.75) is 39.7 Å². The zero-order chi connectivity index (χ0) is 11.8. The van der Waals surface area contributed by atoms with Crippen LogP contribution in [0.2, 0.25) is 0 Å². The van der Waals surface area contributed by atoms with Gasteiger partial charge in [-0.1, -0.05) is 13.8 Å². The standard InChI is InChI=1S/C12H25N3O.HI/c1-4-13-12(14-8-10(2)3)15-9-11-6-5-7-16-11;/h10-11H,4-9H2,1-3H3,(H2,13,14,15);1H. The van der Waals surface area contributed by atoms with Crippen molar-refractivity contribution in [1.29, 1.82) is 0 Å². The summed E-state index contributed by atoms with van der Waals surface area (Å²) in [5.41, 5.74) is 0. The lowest BCUT2D eigenvalue weighted by atomic mass is 10.2. The highest BCUT2D eigenvalue weighted by Crippen LogP contribution is 2.10. The Kier molecular flexibility index (Phi) is 9.91. The van der Waals surface area contributed by atoms with Crippen LogP contribution in [0.15, 0.2) is 4.99 Å². The second kappa shape index (κ2) is 9.94. The molecule has 0 aromatic rings. The van der Waals surface area contributed by atoms with Gasteiger partial charge in [-0.3, -0.25) is 4.99 Å². The van der Waals surface area contributed by atoms with Crippen LogP contribution >= 0.6 is 24.0 Å². The van der Waals surface area contributed by atoms with E-state index in [2.05, 4.69) is 36.4 Å². The summed E-state index contributed by atoms with van der Waals surface area (Å²) < 4.78 is 5.56. The van der Waals surface area contributed by atoms with Gasteiger partial charge in [0.05, 0.1) is 6.10 Å². The second-order valence-corrected chi connectivity index (χ2v) is 4.63. The molecule has 0 bridgehead atoms. The summed E-state index contributed by atoms with van der Waals surface area (Å²) in [6, 6.07) is 0. The third kappa shape index (κ3) is 7.81. The molecular weight excluding hydrogens is 329 g/mol.